The second kappa shape index (κ2) is 11.9. The summed E-state index contributed by atoms with van der Waals surface area (Å²) in [6.45, 7) is 3.80. The molecule has 0 aliphatic carbocycles. The first-order chi connectivity index (χ1) is 15.3. The summed E-state index contributed by atoms with van der Waals surface area (Å²) in [5.41, 5.74) is 1.67. The molecule has 0 bridgehead atoms. The van der Waals surface area contributed by atoms with Crippen molar-refractivity contribution in [2.45, 2.75) is 6.54 Å². The molecule has 1 saturated heterocycles. The van der Waals surface area contributed by atoms with Crippen molar-refractivity contribution in [2.24, 2.45) is 0 Å². The minimum absolute atomic E-state index is 0.0540. The van der Waals surface area contributed by atoms with Crippen LogP contribution in [0.5, 0.6) is 11.5 Å². The van der Waals surface area contributed by atoms with Gasteiger partial charge in [0.2, 0.25) is 0 Å². The van der Waals surface area contributed by atoms with Crippen LogP contribution >= 0.6 is 11.6 Å². The molecular formula is C22H25ClN2O7. The number of piperazine rings is 1. The first-order valence-electron chi connectivity index (χ1n) is 9.70. The van der Waals surface area contributed by atoms with E-state index in [9.17, 15) is 4.79 Å². The SMILES string of the molecule is COc1cccc(OC)c1C(=O)N1CCN(Cc2cccc(Cl)c2)CC1.O=C(O)C(=O)O. The molecule has 0 unspecified atom stereocenters. The third-order valence-corrected chi connectivity index (χ3v) is 5.01. The number of benzene rings is 2. The number of methoxy groups -OCH3 is 2. The van der Waals surface area contributed by atoms with Gasteiger partial charge in [0.05, 0.1) is 14.2 Å². The Bertz CT molecular complexity index is 925. The van der Waals surface area contributed by atoms with E-state index in [0.29, 0.717) is 30.2 Å². The maximum atomic E-state index is 13.0. The Morgan fingerprint density at radius 3 is 1.91 bits per heavy atom. The summed E-state index contributed by atoms with van der Waals surface area (Å²) in [6.07, 6.45) is 0. The van der Waals surface area contributed by atoms with Crippen molar-refractivity contribution in [1.82, 2.24) is 9.80 Å². The molecule has 0 atom stereocenters. The molecule has 9 nitrogen and oxygen atoms in total. The Balaban J connectivity index is 0.000000534. The standard InChI is InChI=1S/C20H23ClN2O3.C2H2O4/c1-25-17-7-4-8-18(26-2)19(17)20(24)23-11-9-22(10-12-23)14-15-5-3-6-16(21)13-15;3-1(4)2(5)6/h3-8,13H,9-12,14H2,1-2H3;(H,3,4)(H,5,6). The second-order valence-electron chi connectivity index (χ2n) is 6.85. The summed E-state index contributed by atoms with van der Waals surface area (Å²) in [4.78, 5) is 35.4. The molecule has 2 aromatic carbocycles. The summed E-state index contributed by atoms with van der Waals surface area (Å²) >= 11 is 6.06. The van der Waals surface area contributed by atoms with Gasteiger partial charge >= 0.3 is 11.9 Å². The predicted octanol–water partition coefficient (Wildman–Crippen LogP) is 2.47. The Labute approximate surface area is 190 Å². The van der Waals surface area contributed by atoms with Crippen molar-refractivity contribution in [1.29, 1.82) is 0 Å². The summed E-state index contributed by atoms with van der Waals surface area (Å²) in [6, 6.07) is 13.3. The molecule has 3 rings (SSSR count). The fourth-order valence-electron chi connectivity index (χ4n) is 3.22. The highest BCUT2D eigenvalue weighted by Crippen LogP contribution is 2.30. The molecule has 172 valence electrons. The van der Waals surface area contributed by atoms with Gasteiger partial charge in [0.1, 0.15) is 17.1 Å². The van der Waals surface area contributed by atoms with Crippen molar-refractivity contribution in [3.63, 3.8) is 0 Å². The number of nitrogens with zero attached hydrogens (tertiary/aromatic N) is 2. The van der Waals surface area contributed by atoms with Gasteiger partial charge in [0, 0.05) is 37.7 Å². The number of carboxylic acid groups (broad SMARTS) is 2. The average Bonchev–Trinajstić information content (AvgIpc) is 2.79. The number of carboxylic acids is 2. The monoisotopic (exact) mass is 464 g/mol. The molecule has 1 amide bonds. The Hall–Kier alpha value is -3.30. The van der Waals surface area contributed by atoms with Gasteiger partial charge in [-0.25, -0.2) is 9.59 Å². The lowest BCUT2D eigenvalue weighted by Gasteiger charge is -2.35. The number of hydrogen-bond acceptors (Lipinski definition) is 6. The summed E-state index contributed by atoms with van der Waals surface area (Å²) < 4.78 is 10.7. The van der Waals surface area contributed by atoms with E-state index < -0.39 is 11.9 Å². The normalized spacial score (nSPS) is 13.5. The molecule has 1 aliphatic rings. The van der Waals surface area contributed by atoms with Crippen LogP contribution < -0.4 is 9.47 Å². The minimum Gasteiger partial charge on any atom is -0.496 e. The van der Waals surface area contributed by atoms with E-state index in [1.165, 1.54) is 5.56 Å². The van der Waals surface area contributed by atoms with Crippen molar-refractivity contribution in [3.8, 4) is 11.5 Å². The van der Waals surface area contributed by atoms with E-state index in [-0.39, 0.29) is 5.91 Å². The molecule has 1 aliphatic heterocycles. The largest absolute Gasteiger partial charge is 0.496 e. The maximum Gasteiger partial charge on any atom is 0.414 e. The number of aliphatic carboxylic acids is 2. The van der Waals surface area contributed by atoms with Gasteiger partial charge in [0.15, 0.2) is 0 Å². The zero-order valence-corrected chi connectivity index (χ0v) is 18.5. The van der Waals surface area contributed by atoms with Crippen LogP contribution in [-0.2, 0) is 16.1 Å². The van der Waals surface area contributed by atoms with Gasteiger partial charge in [-0.15, -0.1) is 0 Å². The Kier molecular flexibility index (Phi) is 9.30. The molecule has 1 fully saturated rings. The third-order valence-electron chi connectivity index (χ3n) is 4.78. The fraction of sp³-hybridized carbons (Fsp3) is 0.318. The van der Waals surface area contributed by atoms with E-state index >= 15 is 0 Å². The number of amides is 1. The van der Waals surface area contributed by atoms with Crippen LogP contribution in [0, 0.1) is 0 Å². The first kappa shape index (κ1) is 25.0. The lowest BCUT2D eigenvalue weighted by atomic mass is 10.1. The predicted molar refractivity (Wildman–Crippen MR) is 117 cm³/mol. The first-order valence-corrected chi connectivity index (χ1v) is 10.1. The zero-order valence-electron chi connectivity index (χ0n) is 17.8. The van der Waals surface area contributed by atoms with Crippen LogP contribution in [0.2, 0.25) is 5.02 Å². The highest BCUT2D eigenvalue weighted by Gasteiger charge is 2.27. The molecule has 0 radical (unpaired) electrons. The van der Waals surface area contributed by atoms with Gasteiger partial charge in [-0.1, -0.05) is 29.8 Å². The molecule has 2 N–H and O–H groups in total. The summed E-state index contributed by atoms with van der Waals surface area (Å²) in [7, 11) is 3.13. The molecule has 0 saturated carbocycles. The van der Waals surface area contributed by atoms with Crippen LogP contribution in [0.1, 0.15) is 15.9 Å². The van der Waals surface area contributed by atoms with Gasteiger partial charge in [-0.3, -0.25) is 9.69 Å². The third kappa shape index (κ3) is 6.86. The number of carbonyl (C=O) groups excluding carboxylic acids is 1. The van der Waals surface area contributed by atoms with Crippen LogP contribution in [0.4, 0.5) is 0 Å². The van der Waals surface area contributed by atoms with E-state index in [1.807, 2.05) is 29.2 Å². The highest BCUT2D eigenvalue weighted by atomic mass is 35.5. The number of rotatable bonds is 5. The van der Waals surface area contributed by atoms with Gasteiger partial charge in [-0.2, -0.15) is 0 Å². The maximum absolute atomic E-state index is 13.0. The van der Waals surface area contributed by atoms with Crippen molar-refractivity contribution < 1.29 is 34.1 Å². The van der Waals surface area contributed by atoms with Crippen molar-refractivity contribution in [2.75, 3.05) is 40.4 Å². The summed E-state index contributed by atoms with van der Waals surface area (Å²) in [5, 5.41) is 15.5. The number of carbonyl (C=O) groups is 3. The lowest BCUT2D eigenvalue weighted by Crippen LogP contribution is -2.48. The summed E-state index contributed by atoms with van der Waals surface area (Å²) in [5.74, 6) is -2.63. The Morgan fingerprint density at radius 1 is 0.906 bits per heavy atom. The molecular weight excluding hydrogens is 440 g/mol. The average molecular weight is 465 g/mol. The quantitative estimate of drug-likeness (QED) is 0.648. The van der Waals surface area contributed by atoms with Crippen LogP contribution in [0.25, 0.3) is 0 Å². The highest BCUT2D eigenvalue weighted by molar-refractivity contribution is 6.30. The van der Waals surface area contributed by atoms with Crippen LogP contribution in [-0.4, -0.2) is 78.3 Å². The topological polar surface area (TPSA) is 117 Å². The lowest BCUT2D eigenvalue weighted by molar-refractivity contribution is -0.159. The Morgan fingerprint density at radius 2 is 1.44 bits per heavy atom. The van der Waals surface area contributed by atoms with Crippen molar-refractivity contribution >= 4 is 29.4 Å². The van der Waals surface area contributed by atoms with E-state index in [0.717, 1.165) is 24.7 Å². The van der Waals surface area contributed by atoms with E-state index in [2.05, 4.69) is 11.0 Å². The van der Waals surface area contributed by atoms with Crippen LogP contribution in [0.3, 0.4) is 0 Å². The number of ether oxygens (including phenoxy) is 2. The molecule has 0 aromatic heterocycles. The van der Waals surface area contributed by atoms with E-state index in [1.54, 1.807) is 26.4 Å². The van der Waals surface area contributed by atoms with Crippen LogP contribution in [0.15, 0.2) is 42.5 Å². The van der Waals surface area contributed by atoms with Gasteiger partial charge < -0.3 is 24.6 Å². The molecule has 1 heterocycles. The fourth-order valence-corrected chi connectivity index (χ4v) is 3.44. The van der Waals surface area contributed by atoms with Crippen molar-refractivity contribution in [3.05, 3.63) is 58.6 Å². The molecule has 2 aromatic rings. The van der Waals surface area contributed by atoms with Gasteiger partial charge in [0.25, 0.3) is 5.91 Å². The smallest absolute Gasteiger partial charge is 0.414 e. The molecule has 0 spiro atoms. The zero-order chi connectivity index (χ0) is 23.7. The molecule has 32 heavy (non-hydrogen) atoms. The van der Waals surface area contributed by atoms with Gasteiger partial charge in [-0.05, 0) is 29.8 Å². The molecule has 10 heteroatoms. The van der Waals surface area contributed by atoms with E-state index in [4.69, 9.17) is 40.9 Å². The number of hydrogen-bond donors (Lipinski definition) is 2. The minimum atomic E-state index is -1.82. The number of halogens is 1. The second-order valence-corrected chi connectivity index (χ2v) is 7.28.